The molecule has 0 saturated carbocycles. The van der Waals surface area contributed by atoms with Crippen LogP contribution in [0.1, 0.15) is 24.5 Å². The summed E-state index contributed by atoms with van der Waals surface area (Å²) in [7, 11) is 0. The van der Waals surface area contributed by atoms with E-state index in [0.29, 0.717) is 0 Å². The van der Waals surface area contributed by atoms with Crippen LogP contribution in [0.5, 0.6) is 0 Å². The molecule has 0 spiro atoms. The molecule has 2 aromatic heterocycles. The molecule has 74 valence electrons. The molecule has 0 aliphatic carbocycles. The minimum absolute atomic E-state index is 0.122. The Labute approximate surface area is 86.0 Å². The zero-order valence-electron chi connectivity index (χ0n) is 8.02. The normalized spacial score (nSPS) is 12.7. The molecule has 0 aliphatic rings. The summed E-state index contributed by atoms with van der Waals surface area (Å²) in [6.07, 6.45) is 0. The third-order valence-electron chi connectivity index (χ3n) is 1.89. The molecule has 0 amide bonds. The molecule has 0 radical (unpaired) electrons. The first-order valence-corrected chi connectivity index (χ1v) is 5.22. The van der Waals surface area contributed by atoms with Gasteiger partial charge in [0.2, 0.25) is 5.13 Å². The second-order valence-electron chi connectivity index (χ2n) is 3.06. The highest BCUT2D eigenvalue weighted by atomic mass is 32.1. The summed E-state index contributed by atoms with van der Waals surface area (Å²) < 4.78 is 5.49. The van der Waals surface area contributed by atoms with Crippen molar-refractivity contribution in [1.29, 1.82) is 0 Å². The van der Waals surface area contributed by atoms with Crippen LogP contribution < -0.4 is 5.32 Å². The van der Waals surface area contributed by atoms with E-state index in [-0.39, 0.29) is 6.04 Å². The van der Waals surface area contributed by atoms with Crippen LogP contribution in [-0.2, 0) is 0 Å². The van der Waals surface area contributed by atoms with Gasteiger partial charge in [-0.2, -0.15) is 0 Å². The fourth-order valence-electron chi connectivity index (χ4n) is 1.18. The first-order valence-electron chi connectivity index (χ1n) is 4.35. The summed E-state index contributed by atoms with van der Waals surface area (Å²) in [4.78, 5) is 0. The smallest absolute Gasteiger partial charge is 0.205 e. The summed E-state index contributed by atoms with van der Waals surface area (Å²) in [5.41, 5.74) is 1.70. The van der Waals surface area contributed by atoms with Crippen LogP contribution in [0.2, 0.25) is 0 Å². The molecule has 0 fully saturated rings. The summed E-state index contributed by atoms with van der Waals surface area (Å²) in [6, 6.07) is 4.04. The molecule has 2 aromatic rings. The molecule has 5 heteroatoms. The van der Waals surface area contributed by atoms with Gasteiger partial charge < -0.3 is 9.73 Å². The minimum atomic E-state index is 0.122. The Bertz CT molecular complexity index is 396. The number of hydrogen-bond donors (Lipinski definition) is 1. The van der Waals surface area contributed by atoms with Crippen LogP contribution >= 0.6 is 11.3 Å². The van der Waals surface area contributed by atoms with Crippen LogP contribution in [0.15, 0.2) is 22.1 Å². The van der Waals surface area contributed by atoms with E-state index in [9.17, 15) is 0 Å². The van der Waals surface area contributed by atoms with E-state index in [0.717, 1.165) is 16.7 Å². The summed E-state index contributed by atoms with van der Waals surface area (Å²) in [5.74, 6) is 1.84. The first kappa shape index (κ1) is 9.21. The Morgan fingerprint density at radius 3 is 2.93 bits per heavy atom. The number of hydrogen-bond acceptors (Lipinski definition) is 5. The highest BCUT2D eigenvalue weighted by Gasteiger charge is 2.10. The van der Waals surface area contributed by atoms with Crippen LogP contribution in [0.3, 0.4) is 0 Å². The molecule has 0 aliphatic heterocycles. The molecule has 0 saturated heterocycles. The molecule has 0 aromatic carbocycles. The van der Waals surface area contributed by atoms with Crippen molar-refractivity contribution < 1.29 is 4.42 Å². The average molecular weight is 209 g/mol. The van der Waals surface area contributed by atoms with Crippen molar-refractivity contribution in [2.75, 3.05) is 5.32 Å². The molecule has 4 nitrogen and oxygen atoms in total. The highest BCUT2D eigenvalue weighted by molar-refractivity contribution is 7.13. The monoisotopic (exact) mass is 209 g/mol. The van der Waals surface area contributed by atoms with Crippen LogP contribution in [0, 0.1) is 6.92 Å². The predicted octanol–water partition coefficient (Wildman–Crippen LogP) is 2.61. The topological polar surface area (TPSA) is 51.0 Å². The van der Waals surface area contributed by atoms with E-state index in [4.69, 9.17) is 4.42 Å². The third-order valence-corrected chi connectivity index (χ3v) is 2.51. The summed E-state index contributed by atoms with van der Waals surface area (Å²) in [5, 5.41) is 11.7. The van der Waals surface area contributed by atoms with E-state index in [2.05, 4.69) is 15.5 Å². The second kappa shape index (κ2) is 3.79. The Balaban J connectivity index is 2.06. The van der Waals surface area contributed by atoms with Gasteiger partial charge in [0.15, 0.2) is 0 Å². The molecular weight excluding hydrogens is 198 g/mol. The van der Waals surface area contributed by atoms with Gasteiger partial charge in [0, 0.05) is 0 Å². The van der Waals surface area contributed by atoms with Gasteiger partial charge in [0.25, 0.3) is 0 Å². The quantitative estimate of drug-likeness (QED) is 0.844. The average Bonchev–Trinajstić information content (AvgIpc) is 2.75. The lowest BCUT2D eigenvalue weighted by Gasteiger charge is -2.08. The lowest BCUT2D eigenvalue weighted by atomic mass is 10.2. The maximum atomic E-state index is 5.49. The Morgan fingerprint density at radius 1 is 1.50 bits per heavy atom. The van der Waals surface area contributed by atoms with Crippen molar-refractivity contribution in [3.63, 3.8) is 0 Å². The van der Waals surface area contributed by atoms with Crippen molar-refractivity contribution >= 4 is 16.5 Å². The fourth-order valence-corrected chi connectivity index (χ4v) is 1.71. The zero-order valence-corrected chi connectivity index (χ0v) is 8.84. The van der Waals surface area contributed by atoms with Gasteiger partial charge in [0.1, 0.15) is 17.0 Å². The van der Waals surface area contributed by atoms with Gasteiger partial charge in [-0.3, -0.25) is 0 Å². The minimum Gasteiger partial charge on any atom is -0.464 e. The van der Waals surface area contributed by atoms with E-state index in [1.807, 2.05) is 26.0 Å². The van der Waals surface area contributed by atoms with E-state index in [1.54, 1.807) is 5.51 Å². The number of nitrogens with one attached hydrogen (secondary N) is 1. The van der Waals surface area contributed by atoms with Gasteiger partial charge in [-0.05, 0) is 26.0 Å². The molecule has 1 N–H and O–H groups in total. The van der Waals surface area contributed by atoms with Gasteiger partial charge in [-0.1, -0.05) is 11.3 Å². The molecule has 0 bridgehead atoms. The largest absolute Gasteiger partial charge is 0.464 e. The summed E-state index contributed by atoms with van der Waals surface area (Å²) in [6.45, 7) is 3.96. The maximum Gasteiger partial charge on any atom is 0.205 e. The van der Waals surface area contributed by atoms with Crippen molar-refractivity contribution in [2.45, 2.75) is 19.9 Å². The lowest BCUT2D eigenvalue weighted by Crippen LogP contribution is -2.05. The molecule has 2 rings (SSSR count). The van der Waals surface area contributed by atoms with Crippen LogP contribution in [0.4, 0.5) is 5.13 Å². The van der Waals surface area contributed by atoms with Gasteiger partial charge >= 0.3 is 0 Å². The molecule has 14 heavy (non-hydrogen) atoms. The maximum absolute atomic E-state index is 5.49. The first-order chi connectivity index (χ1) is 6.75. The number of aromatic nitrogens is 2. The fraction of sp³-hybridized carbons (Fsp3) is 0.333. The molecule has 1 unspecified atom stereocenters. The van der Waals surface area contributed by atoms with Crippen LogP contribution in [-0.4, -0.2) is 10.2 Å². The van der Waals surface area contributed by atoms with Gasteiger partial charge in [-0.15, -0.1) is 10.2 Å². The number of furan rings is 1. The Hall–Kier alpha value is -1.36. The predicted molar refractivity (Wildman–Crippen MR) is 55.4 cm³/mol. The zero-order chi connectivity index (χ0) is 9.97. The van der Waals surface area contributed by atoms with Gasteiger partial charge in [-0.25, -0.2) is 0 Å². The number of nitrogens with zero attached hydrogens (tertiary/aromatic N) is 2. The Kier molecular flexibility index (Phi) is 2.49. The van der Waals surface area contributed by atoms with Crippen molar-refractivity contribution in [1.82, 2.24) is 10.2 Å². The number of rotatable bonds is 3. The molecule has 1 atom stereocenters. The van der Waals surface area contributed by atoms with Crippen molar-refractivity contribution in [3.8, 4) is 0 Å². The van der Waals surface area contributed by atoms with Gasteiger partial charge in [0.05, 0.1) is 6.04 Å². The van der Waals surface area contributed by atoms with Crippen LogP contribution in [0.25, 0.3) is 0 Å². The van der Waals surface area contributed by atoms with E-state index in [1.165, 1.54) is 11.3 Å². The van der Waals surface area contributed by atoms with Crippen molar-refractivity contribution in [2.24, 2.45) is 0 Å². The number of aryl methyl sites for hydroxylation is 1. The Morgan fingerprint density at radius 2 is 2.36 bits per heavy atom. The van der Waals surface area contributed by atoms with Crippen molar-refractivity contribution in [3.05, 3.63) is 29.2 Å². The highest BCUT2D eigenvalue weighted by Crippen LogP contribution is 2.21. The molecular formula is C9H11N3OS. The van der Waals surface area contributed by atoms with E-state index < -0.39 is 0 Å². The second-order valence-corrected chi connectivity index (χ2v) is 3.89. The van der Waals surface area contributed by atoms with E-state index >= 15 is 0 Å². The lowest BCUT2D eigenvalue weighted by molar-refractivity contribution is 0.467. The standard InChI is InChI=1S/C9H11N3OS/c1-6-3-4-8(13-6)7(2)11-9-12-10-5-14-9/h3-5,7H,1-2H3,(H,11,12). The summed E-state index contributed by atoms with van der Waals surface area (Å²) >= 11 is 1.48. The SMILES string of the molecule is Cc1ccc(C(C)Nc2nncs2)o1. The third kappa shape index (κ3) is 1.93. The molecule has 2 heterocycles. The number of anilines is 1.